The zero-order valence-corrected chi connectivity index (χ0v) is 16.6. The van der Waals surface area contributed by atoms with Crippen molar-refractivity contribution in [3.8, 4) is 5.75 Å². The number of aliphatic hydroxyl groups is 1. The monoisotopic (exact) mass is 382 g/mol. The van der Waals surface area contributed by atoms with Gasteiger partial charge in [-0.2, -0.15) is 0 Å². The van der Waals surface area contributed by atoms with Gasteiger partial charge in [0, 0.05) is 11.5 Å². The maximum atomic E-state index is 10.4. The normalized spacial score (nSPS) is 19.5. The lowest BCUT2D eigenvalue weighted by atomic mass is 9.82. The Balaban J connectivity index is 1.47. The number of ether oxygens (including phenoxy) is 1. The Labute approximate surface area is 171 Å². The Morgan fingerprint density at radius 2 is 1.45 bits per heavy atom. The molecule has 2 heteroatoms. The van der Waals surface area contributed by atoms with Gasteiger partial charge in [0.1, 0.15) is 12.4 Å². The summed E-state index contributed by atoms with van der Waals surface area (Å²) in [7, 11) is 0. The SMILES string of the molecule is O[C@@H]1CCCC[C@H]1c1cccc(OCc2c3ccccc3cc3ccccc23)c1. The molecule has 4 aromatic carbocycles. The summed E-state index contributed by atoms with van der Waals surface area (Å²) >= 11 is 0. The highest BCUT2D eigenvalue weighted by Crippen LogP contribution is 2.35. The highest BCUT2D eigenvalue weighted by Gasteiger charge is 2.24. The second-order valence-corrected chi connectivity index (χ2v) is 8.12. The summed E-state index contributed by atoms with van der Waals surface area (Å²) in [6, 6.07) is 27.6. The Kier molecular flexibility index (Phi) is 4.95. The standard InChI is InChI=1S/C27H26O2/c28-27-15-6-5-14-25(27)21-10-7-11-22(17-21)29-18-26-23-12-3-1-8-19(23)16-20-9-2-4-13-24(20)26/h1-4,7-13,16-17,25,27-28H,5-6,14-15,18H2/t25-,27+/m0/s1. The van der Waals surface area contributed by atoms with Crippen molar-refractivity contribution in [2.24, 2.45) is 0 Å². The number of benzene rings is 4. The molecule has 1 N–H and O–H groups in total. The average Bonchev–Trinajstić information content (AvgIpc) is 2.77. The van der Waals surface area contributed by atoms with Crippen molar-refractivity contribution in [2.45, 2.75) is 44.3 Å². The highest BCUT2D eigenvalue weighted by atomic mass is 16.5. The second-order valence-electron chi connectivity index (χ2n) is 8.12. The number of hydrogen-bond acceptors (Lipinski definition) is 2. The summed E-state index contributed by atoms with van der Waals surface area (Å²) in [6.07, 6.45) is 4.04. The first kappa shape index (κ1) is 18.2. The molecule has 2 nitrogen and oxygen atoms in total. The van der Waals surface area contributed by atoms with E-state index < -0.39 is 0 Å². The number of rotatable bonds is 4. The molecule has 0 bridgehead atoms. The van der Waals surface area contributed by atoms with Gasteiger partial charge in [0.05, 0.1) is 6.10 Å². The van der Waals surface area contributed by atoms with Gasteiger partial charge >= 0.3 is 0 Å². The van der Waals surface area contributed by atoms with Crippen LogP contribution in [0.5, 0.6) is 5.75 Å². The van der Waals surface area contributed by atoms with Crippen LogP contribution in [0, 0.1) is 0 Å². The molecule has 1 saturated carbocycles. The topological polar surface area (TPSA) is 29.5 Å². The highest BCUT2D eigenvalue weighted by molar-refractivity contribution is 6.02. The van der Waals surface area contributed by atoms with Gasteiger partial charge in [-0.3, -0.25) is 0 Å². The Morgan fingerprint density at radius 3 is 2.17 bits per heavy atom. The van der Waals surface area contributed by atoms with E-state index in [-0.39, 0.29) is 12.0 Å². The van der Waals surface area contributed by atoms with Crippen LogP contribution in [-0.2, 0) is 6.61 Å². The van der Waals surface area contributed by atoms with Crippen molar-refractivity contribution >= 4 is 21.5 Å². The van der Waals surface area contributed by atoms with Crippen LogP contribution >= 0.6 is 0 Å². The molecule has 2 atom stereocenters. The maximum absolute atomic E-state index is 10.4. The zero-order valence-electron chi connectivity index (χ0n) is 16.6. The van der Waals surface area contributed by atoms with Gasteiger partial charge < -0.3 is 9.84 Å². The van der Waals surface area contributed by atoms with Crippen molar-refractivity contribution in [2.75, 3.05) is 0 Å². The third-order valence-electron chi connectivity index (χ3n) is 6.28. The Hall–Kier alpha value is -2.84. The van der Waals surface area contributed by atoms with Crippen molar-refractivity contribution < 1.29 is 9.84 Å². The minimum atomic E-state index is -0.235. The molecule has 0 saturated heterocycles. The fourth-order valence-corrected chi connectivity index (χ4v) is 4.75. The smallest absolute Gasteiger partial charge is 0.120 e. The summed E-state index contributed by atoms with van der Waals surface area (Å²) in [6.45, 7) is 0.526. The van der Waals surface area contributed by atoms with Gasteiger partial charge in [0.25, 0.3) is 0 Å². The third kappa shape index (κ3) is 3.61. The molecule has 146 valence electrons. The summed E-state index contributed by atoms with van der Waals surface area (Å²) < 4.78 is 6.29. The van der Waals surface area contributed by atoms with Crippen LogP contribution in [0.2, 0.25) is 0 Å². The molecule has 0 spiro atoms. The van der Waals surface area contributed by atoms with E-state index in [0.29, 0.717) is 6.61 Å². The van der Waals surface area contributed by atoms with Crippen LogP contribution in [0.1, 0.15) is 42.7 Å². The molecule has 0 aromatic heterocycles. The van der Waals surface area contributed by atoms with Crippen molar-refractivity contribution in [3.63, 3.8) is 0 Å². The van der Waals surface area contributed by atoms with E-state index in [1.807, 2.05) is 12.1 Å². The first-order chi connectivity index (χ1) is 14.3. The number of fused-ring (bicyclic) bond motifs is 2. The summed E-state index contributed by atoms with van der Waals surface area (Å²) in [5, 5.41) is 15.4. The summed E-state index contributed by atoms with van der Waals surface area (Å²) in [5.74, 6) is 1.10. The van der Waals surface area contributed by atoms with E-state index in [0.717, 1.165) is 25.0 Å². The van der Waals surface area contributed by atoms with Crippen LogP contribution in [-0.4, -0.2) is 11.2 Å². The largest absolute Gasteiger partial charge is 0.489 e. The number of hydrogen-bond donors (Lipinski definition) is 1. The first-order valence-corrected chi connectivity index (χ1v) is 10.6. The molecule has 0 amide bonds. The third-order valence-corrected chi connectivity index (χ3v) is 6.28. The van der Waals surface area contributed by atoms with Crippen molar-refractivity contribution in [3.05, 3.63) is 90.0 Å². The van der Waals surface area contributed by atoms with Gasteiger partial charge in [0.2, 0.25) is 0 Å². The van der Waals surface area contributed by atoms with Gasteiger partial charge in [-0.1, -0.05) is 73.5 Å². The molecule has 0 aliphatic heterocycles. The predicted octanol–water partition coefficient (Wildman–Crippen LogP) is 6.59. The zero-order chi connectivity index (χ0) is 19.6. The van der Waals surface area contributed by atoms with Gasteiger partial charge in [0.15, 0.2) is 0 Å². The molecular formula is C27H26O2. The lowest BCUT2D eigenvalue weighted by molar-refractivity contribution is 0.106. The molecule has 1 fully saturated rings. The average molecular weight is 383 g/mol. The van der Waals surface area contributed by atoms with Gasteiger partial charge in [-0.25, -0.2) is 0 Å². The van der Waals surface area contributed by atoms with Crippen LogP contribution in [0.25, 0.3) is 21.5 Å². The van der Waals surface area contributed by atoms with E-state index in [9.17, 15) is 5.11 Å². The predicted molar refractivity (Wildman–Crippen MR) is 119 cm³/mol. The second kappa shape index (κ2) is 7.88. The van der Waals surface area contributed by atoms with Gasteiger partial charge in [-0.05, 0) is 58.1 Å². The molecule has 1 aliphatic carbocycles. The van der Waals surface area contributed by atoms with Crippen LogP contribution in [0.4, 0.5) is 0 Å². The van der Waals surface area contributed by atoms with E-state index in [1.165, 1.54) is 39.1 Å². The molecule has 5 rings (SSSR count). The van der Waals surface area contributed by atoms with E-state index >= 15 is 0 Å². The molecule has 0 radical (unpaired) electrons. The Bertz CT molecular complexity index is 1090. The number of aliphatic hydroxyl groups excluding tert-OH is 1. The Morgan fingerprint density at radius 1 is 0.759 bits per heavy atom. The maximum Gasteiger partial charge on any atom is 0.120 e. The lowest BCUT2D eigenvalue weighted by Crippen LogP contribution is -2.22. The first-order valence-electron chi connectivity index (χ1n) is 10.6. The minimum Gasteiger partial charge on any atom is -0.489 e. The van der Waals surface area contributed by atoms with E-state index in [1.54, 1.807) is 0 Å². The minimum absolute atomic E-state index is 0.227. The van der Waals surface area contributed by atoms with E-state index in [4.69, 9.17) is 4.74 Å². The summed E-state index contributed by atoms with van der Waals surface area (Å²) in [5.41, 5.74) is 2.42. The molecule has 0 heterocycles. The molecule has 4 aromatic rings. The quantitative estimate of drug-likeness (QED) is 0.403. The molecule has 1 aliphatic rings. The van der Waals surface area contributed by atoms with Crippen LogP contribution in [0.3, 0.4) is 0 Å². The van der Waals surface area contributed by atoms with Gasteiger partial charge in [-0.15, -0.1) is 0 Å². The van der Waals surface area contributed by atoms with E-state index in [2.05, 4.69) is 66.7 Å². The lowest BCUT2D eigenvalue weighted by Gasteiger charge is -2.28. The molecular weight excluding hydrogens is 356 g/mol. The fourth-order valence-electron chi connectivity index (χ4n) is 4.75. The summed E-state index contributed by atoms with van der Waals surface area (Å²) in [4.78, 5) is 0. The van der Waals surface area contributed by atoms with Crippen molar-refractivity contribution in [1.82, 2.24) is 0 Å². The molecule has 29 heavy (non-hydrogen) atoms. The van der Waals surface area contributed by atoms with Crippen LogP contribution in [0.15, 0.2) is 78.9 Å². The van der Waals surface area contributed by atoms with Crippen molar-refractivity contribution in [1.29, 1.82) is 0 Å². The van der Waals surface area contributed by atoms with Crippen LogP contribution < -0.4 is 4.74 Å². The molecule has 0 unspecified atom stereocenters. The fraction of sp³-hybridized carbons (Fsp3) is 0.259.